The molecule has 0 radical (unpaired) electrons. The minimum absolute atomic E-state index is 0.154. The minimum Gasteiger partial charge on any atom is -0.481 e. The molecule has 146 valence electrons. The number of hydrazone groups is 1. The Morgan fingerprint density at radius 2 is 1.72 bits per heavy atom. The number of hydrogen-bond acceptors (Lipinski definition) is 5. The van der Waals surface area contributed by atoms with Crippen molar-refractivity contribution < 1.29 is 24.3 Å². The normalized spacial score (nSPS) is 15.0. The van der Waals surface area contributed by atoms with Crippen LogP contribution >= 0.6 is 0 Å². The number of carbonyl (C=O) groups is 4. The Hall–Kier alpha value is -4.27. The van der Waals surface area contributed by atoms with Crippen molar-refractivity contribution in [1.29, 1.82) is 0 Å². The highest BCUT2D eigenvalue weighted by Crippen LogP contribution is 2.23. The highest BCUT2D eigenvalue weighted by Gasteiger charge is 2.29. The number of benzene rings is 2. The maximum Gasteiger partial charge on any atom is 0.342 e. The predicted octanol–water partition coefficient (Wildman–Crippen LogP) is 1.67. The van der Waals surface area contributed by atoms with Crippen LogP contribution in [0.15, 0.2) is 71.9 Å². The van der Waals surface area contributed by atoms with E-state index in [1.54, 1.807) is 54.6 Å². The third-order valence-corrected chi connectivity index (χ3v) is 4.12. The molecule has 4 N–H and O–H groups in total. The first-order valence-electron chi connectivity index (χ1n) is 8.47. The van der Waals surface area contributed by atoms with Crippen LogP contribution in [-0.4, -0.2) is 39.6 Å². The molecule has 0 fully saturated rings. The van der Waals surface area contributed by atoms with Gasteiger partial charge < -0.3 is 16.2 Å². The lowest BCUT2D eigenvalue weighted by Crippen LogP contribution is -2.37. The Bertz CT molecular complexity index is 1050. The number of carbonyl (C=O) groups excluding carboxylic acids is 3. The van der Waals surface area contributed by atoms with Gasteiger partial charge >= 0.3 is 12.0 Å². The molecule has 1 atom stereocenters. The Morgan fingerprint density at radius 1 is 1.07 bits per heavy atom. The molecule has 1 aliphatic rings. The number of nitrogens with zero attached hydrogens (tertiary/aromatic N) is 2. The maximum absolute atomic E-state index is 12.5. The molecule has 29 heavy (non-hydrogen) atoms. The Balaban J connectivity index is 1.89. The van der Waals surface area contributed by atoms with Gasteiger partial charge in [0.1, 0.15) is 5.92 Å². The lowest BCUT2D eigenvalue weighted by atomic mass is 9.99. The summed E-state index contributed by atoms with van der Waals surface area (Å²) in [5, 5.41) is 16.1. The van der Waals surface area contributed by atoms with E-state index in [1.807, 2.05) is 0 Å². The molecule has 9 heteroatoms. The van der Waals surface area contributed by atoms with Crippen molar-refractivity contribution in [3.8, 4) is 0 Å². The van der Waals surface area contributed by atoms with E-state index in [1.165, 1.54) is 0 Å². The van der Waals surface area contributed by atoms with Gasteiger partial charge in [0.2, 0.25) is 0 Å². The molecule has 0 saturated heterocycles. The zero-order valence-corrected chi connectivity index (χ0v) is 15.0. The maximum atomic E-state index is 12.5. The topological polar surface area (TPSA) is 142 Å². The number of primary amides is 1. The van der Waals surface area contributed by atoms with Crippen molar-refractivity contribution in [3.63, 3.8) is 0 Å². The largest absolute Gasteiger partial charge is 0.481 e. The van der Waals surface area contributed by atoms with Gasteiger partial charge in [0.25, 0.3) is 11.8 Å². The second-order valence-electron chi connectivity index (χ2n) is 6.02. The van der Waals surface area contributed by atoms with Crippen molar-refractivity contribution in [2.24, 2.45) is 10.8 Å². The lowest BCUT2D eigenvalue weighted by Gasteiger charge is -2.12. The quantitative estimate of drug-likeness (QED) is 0.524. The number of aliphatic carboxylic acids is 1. The third-order valence-electron chi connectivity index (χ3n) is 4.12. The number of urea groups is 1. The van der Waals surface area contributed by atoms with Gasteiger partial charge in [-0.05, 0) is 11.6 Å². The van der Waals surface area contributed by atoms with Crippen molar-refractivity contribution in [2.45, 2.75) is 5.92 Å². The molecule has 2 aromatic rings. The number of nitrogens with one attached hydrogen (secondary N) is 1. The van der Waals surface area contributed by atoms with Crippen molar-refractivity contribution in [3.05, 3.63) is 77.9 Å². The highest BCUT2D eigenvalue weighted by atomic mass is 16.4. The molecule has 3 rings (SSSR count). The standard InChI is InChI=1S/C20H16N4O5/c21-20(29)24(23-17-14-8-4-5-9-15(14)22-18(17)26)16(25)11-10-13(19(27)28)12-6-2-1-3-7-12/h1-11,13H,(H2,21,29)(H,27,28)(H,22,23,26)/b11-10+. The smallest absolute Gasteiger partial charge is 0.342 e. The van der Waals surface area contributed by atoms with E-state index in [2.05, 4.69) is 10.4 Å². The molecule has 0 aromatic heterocycles. The molecule has 1 heterocycles. The summed E-state index contributed by atoms with van der Waals surface area (Å²) < 4.78 is 0. The van der Waals surface area contributed by atoms with Crippen LogP contribution in [0, 0.1) is 0 Å². The molecule has 0 bridgehead atoms. The number of hydrogen-bond donors (Lipinski definition) is 3. The molecule has 1 unspecified atom stereocenters. The van der Waals surface area contributed by atoms with Gasteiger partial charge in [0.15, 0.2) is 5.71 Å². The van der Waals surface area contributed by atoms with Crippen LogP contribution in [0.4, 0.5) is 10.5 Å². The molecule has 1 aliphatic heterocycles. The average Bonchev–Trinajstić information content (AvgIpc) is 3.01. The Labute approximate surface area is 165 Å². The number of para-hydroxylation sites is 1. The van der Waals surface area contributed by atoms with E-state index in [9.17, 15) is 24.3 Å². The van der Waals surface area contributed by atoms with Crippen LogP contribution in [0.1, 0.15) is 17.0 Å². The number of fused-ring (bicyclic) bond motifs is 1. The van der Waals surface area contributed by atoms with E-state index in [4.69, 9.17) is 5.73 Å². The first-order chi connectivity index (χ1) is 13.9. The first kappa shape index (κ1) is 19.5. The Kier molecular flexibility index (Phi) is 5.49. The fourth-order valence-electron chi connectivity index (χ4n) is 2.75. The average molecular weight is 392 g/mol. The van der Waals surface area contributed by atoms with Crippen molar-refractivity contribution >= 4 is 35.2 Å². The summed E-state index contributed by atoms with van der Waals surface area (Å²) in [5.74, 6) is -3.87. The molecule has 0 spiro atoms. The zero-order chi connectivity index (χ0) is 21.0. The number of rotatable bonds is 5. The molecule has 4 amide bonds. The zero-order valence-electron chi connectivity index (χ0n) is 15.0. The molecular weight excluding hydrogens is 376 g/mol. The second-order valence-corrected chi connectivity index (χ2v) is 6.02. The molecule has 0 saturated carbocycles. The van der Waals surface area contributed by atoms with Gasteiger partial charge in [-0.1, -0.05) is 54.6 Å². The predicted molar refractivity (Wildman–Crippen MR) is 104 cm³/mol. The molecule has 2 aromatic carbocycles. The Morgan fingerprint density at radius 3 is 2.38 bits per heavy atom. The summed E-state index contributed by atoms with van der Waals surface area (Å²) >= 11 is 0. The summed E-state index contributed by atoms with van der Waals surface area (Å²) in [6.07, 6.45) is 2.01. The minimum atomic E-state index is -1.21. The summed E-state index contributed by atoms with van der Waals surface area (Å²) in [5.41, 5.74) is 6.43. The second kappa shape index (κ2) is 8.17. The number of amides is 4. The fourth-order valence-corrected chi connectivity index (χ4v) is 2.75. The summed E-state index contributed by atoms with van der Waals surface area (Å²) in [4.78, 5) is 47.8. The number of imide groups is 1. The fraction of sp³-hybridized carbons (Fsp3) is 0.0500. The van der Waals surface area contributed by atoms with Crippen LogP contribution in [0.2, 0.25) is 0 Å². The monoisotopic (exact) mass is 392 g/mol. The van der Waals surface area contributed by atoms with Crippen molar-refractivity contribution in [1.82, 2.24) is 5.01 Å². The number of anilines is 1. The molecular formula is C20H16N4O5. The van der Waals surface area contributed by atoms with Gasteiger partial charge in [0, 0.05) is 11.6 Å². The number of carboxylic acids is 1. The van der Waals surface area contributed by atoms with Gasteiger partial charge in [-0.2, -0.15) is 5.10 Å². The van der Waals surface area contributed by atoms with E-state index >= 15 is 0 Å². The van der Waals surface area contributed by atoms with E-state index in [0.29, 0.717) is 21.8 Å². The summed E-state index contributed by atoms with van der Waals surface area (Å²) in [6, 6.07) is 13.7. The van der Waals surface area contributed by atoms with E-state index in [0.717, 1.165) is 12.2 Å². The summed E-state index contributed by atoms with van der Waals surface area (Å²) in [6.45, 7) is 0. The number of nitrogens with two attached hydrogens (primary N) is 1. The van der Waals surface area contributed by atoms with Crippen LogP contribution in [-0.2, 0) is 14.4 Å². The lowest BCUT2D eigenvalue weighted by molar-refractivity contribution is -0.137. The van der Waals surface area contributed by atoms with Gasteiger partial charge in [-0.15, -0.1) is 5.01 Å². The van der Waals surface area contributed by atoms with Crippen LogP contribution in [0.25, 0.3) is 0 Å². The number of carboxylic acid groups (broad SMARTS) is 1. The van der Waals surface area contributed by atoms with E-state index < -0.39 is 29.7 Å². The first-order valence-corrected chi connectivity index (χ1v) is 8.47. The van der Waals surface area contributed by atoms with Crippen LogP contribution < -0.4 is 11.1 Å². The van der Waals surface area contributed by atoms with Gasteiger partial charge in [-0.25, -0.2) is 4.79 Å². The van der Waals surface area contributed by atoms with Crippen LogP contribution in [0.3, 0.4) is 0 Å². The molecule has 0 aliphatic carbocycles. The molecule has 9 nitrogen and oxygen atoms in total. The van der Waals surface area contributed by atoms with E-state index in [-0.39, 0.29) is 5.71 Å². The van der Waals surface area contributed by atoms with Crippen molar-refractivity contribution in [2.75, 3.05) is 5.32 Å². The SMILES string of the molecule is NC(=O)N(/N=C1\C(=O)Nc2ccccc21)C(=O)/C=C/C(C(=O)O)c1ccccc1. The highest BCUT2D eigenvalue weighted by molar-refractivity contribution is 6.53. The van der Waals surface area contributed by atoms with Gasteiger partial charge in [0.05, 0.1) is 5.69 Å². The third kappa shape index (κ3) is 4.19. The summed E-state index contributed by atoms with van der Waals surface area (Å²) in [7, 11) is 0. The van der Waals surface area contributed by atoms with Gasteiger partial charge in [-0.3, -0.25) is 14.4 Å². The van der Waals surface area contributed by atoms with Crippen LogP contribution in [0.5, 0.6) is 0 Å².